The summed E-state index contributed by atoms with van der Waals surface area (Å²) >= 11 is 0.972. The Bertz CT molecular complexity index is 1390. The van der Waals surface area contributed by atoms with E-state index in [4.69, 9.17) is 5.11 Å². The van der Waals surface area contributed by atoms with E-state index in [0.29, 0.717) is 15.8 Å². The third-order valence-corrected chi connectivity index (χ3v) is 8.85. The highest BCUT2D eigenvalue weighted by Crippen LogP contribution is 2.35. The monoisotopic (exact) mass is 536 g/mol. The van der Waals surface area contributed by atoms with Gasteiger partial charge in [0, 0.05) is 24.4 Å². The van der Waals surface area contributed by atoms with Crippen LogP contribution in [0.4, 0.5) is 4.39 Å². The van der Waals surface area contributed by atoms with Gasteiger partial charge in [0.05, 0.1) is 29.1 Å². The Morgan fingerprint density at radius 1 is 1.22 bits per heavy atom. The molecule has 0 aliphatic heterocycles. The molecule has 1 atom stereocenters. The molecule has 192 valence electrons. The van der Waals surface area contributed by atoms with Crippen LogP contribution in [0.3, 0.4) is 0 Å². The number of hydrogen-bond donors (Lipinski definition) is 4. The predicted molar refractivity (Wildman–Crippen MR) is 131 cm³/mol. The van der Waals surface area contributed by atoms with Gasteiger partial charge in [-0.1, -0.05) is 6.07 Å². The lowest BCUT2D eigenvalue weighted by atomic mass is 10.1. The van der Waals surface area contributed by atoms with Gasteiger partial charge in [-0.2, -0.15) is 0 Å². The van der Waals surface area contributed by atoms with E-state index in [1.807, 2.05) is 0 Å². The van der Waals surface area contributed by atoms with Gasteiger partial charge in [0.1, 0.15) is 10.7 Å². The van der Waals surface area contributed by atoms with Gasteiger partial charge in [-0.3, -0.25) is 14.6 Å². The number of rotatable bonds is 11. The van der Waals surface area contributed by atoms with E-state index >= 15 is 0 Å². The molecule has 1 aliphatic carbocycles. The largest absolute Gasteiger partial charge is 0.396 e. The number of fused-ring (bicyclic) bond motifs is 1. The van der Waals surface area contributed by atoms with Crippen LogP contribution in [0, 0.1) is 5.82 Å². The van der Waals surface area contributed by atoms with Crippen molar-refractivity contribution >= 4 is 43.2 Å². The number of nitrogens with one attached hydrogen (secondary N) is 2. The second-order valence-corrected chi connectivity index (χ2v) is 11.7. The van der Waals surface area contributed by atoms with Crippen LogP contribution in [0.1, 0.15) is 35.2 Å². The summed E-state index contributed by atoms with van der Waals surface area (Å²) in [5, 5.41) is 21.9. The van der Waals surface area contributed by atoms with Crippen molar-refractivity contribution in [3.63, 3.8) is 0 Å². The van der Waals surface area contributed by atoms with Gasteiger partial charge in [0.15, 0.2) is 20.9 Å². The van der Waals surface area contributed by atoms with Gasteiger partial charge in [0.25, 0.3) is 0 Å². The summed E-state index contributed by atoms with van der Waals surface area (Å²) in [6.45, 7) is -1.30. The first-order valence-electron chi connectivity index (χ1n) is 11.3. The summed E-state index contributed by atoms with van der Waals surface area (Å²) in [6.07, 6.45) is 3.06. The molecule has 0 spiro atoms. The first-order chi connectivity index (χ1) is 17.2. The molecule has 3 aromatic rings. The topological polar surface area (TPSA) is 159 Å². The molecule has 36 heavy (non-hydrogen) atoms. The van der Waals surface area contributed by atoms with Crippen molar-refractivity contribution < 1.29 is 32.6 Å². The lowest BCUT2D eigenvalue weighted by Crippen LogP contribution is -2.41. The average Bonchev–Trinajstić information content (AvgIpc) is 3.57. The van der Waals surface area contributed by atoms with E-state index in [9.17, 15) is 27.5 Å². The number of aliphatic hydroxyl groups excluding tert-OH is 2. The maximum atomic E-state index is 14.7. The Morgan fingerprint density at radius 3 is 2.69 bits per heavy atom. The summed E-state index contributed by atoms with van der Waals surface area (Å²) in [5.74, 6) is -2.40. The van der Waals surface area contributed by atoms with Crippen LogP contribution < -0.4 is 10.6 Å². The van der Waals surface area contributed by atoms with Crippen LogP contribution in [0.5, 0.6) is 0 Å². The highest BCUT2D eigenvalue weighted by molar-refractivity contribution is 7.92. The number of aliphatic hydroxyl groups is 2. The molecule has 2 aromatic heterocycles. The molecular weight excluding hydrogens is 511 g/mol. The number of pyridine rings is 1. The van der Waals surface area contributed by atoms with Crippen LogP contribution in [-0.2, 0) is 26.0 Å². The maximum Gasteiger partial charge on any atom is 0.245 e. The number of aromatic nitrogens is 2. The van der Waals surface area contributed by atoms with Crippen LogP contribution >= 0.6 is 11.3 Å². The number of benzene rings is 1. The minimum absolute atomic E-state index is 0.00596. The molecule has 2 heterocycles. The summed E-state index contributed by atoms with van der Waals surface area (Å²) in [7, 11) is -4.07. The van der Waals surface area contributed by atoms with E-state index in [1.165, 1.54) is 12.3 Å². The Morgan fingerprint density at radius 2 is 2.00 bits per heavy atom. The molecular formula is C23H25FN4O6S2. The molecule has 0 saturated heterocycles. The highest BCUT2D eigenvalue weighted by Gasteiger charge is 2.37. The van der Waals surface area contributed by atoms with Gasteiger partial charge >= 0.3 is 0 Å². The number of amides is 2. The van der Waals surface area contributed by atoms with Gasteiger partial charge in [-0.25, -0.2) is 17.8 Å². The van der Waals surface area contributed by atoms with E-state index in [1.54, 1.807) is 18.2 Å². The van der Waals surface area contributed by atoms with E-state index < -0.39 is 45.1 Å². The SMILES string of the molecule is O=C(CNC(=O)C(c1nc2ccc(-c3ccnc(CO)c3F)cc2s1)S(=O)(=O)CCCO)NC1CC1. The number of carbonyl (C=O) groups excluding carboxylic acids is 2. The number of nitrogens with zero attached hydrogens (tertiary/aromatic N) is 2. The fourth-order valence-corrected chi connectivity index (χ4v) is 6.73. The Hall–Kier alpha value is -3.00. The molecule has 1 aliphatic rings. The summed E-state index contributed by atoms with van der Waals surface area (Å²) < 4.78 is 41.3. The van der Waals surface area contributed by atoms with E-state index in [0.717, 1.165) is 24.2 Å². The van der Waals surface area contributed by atoms with Crippen LogP contribution in [0.25, 0.3) is 21.3 Å². The smallest absolute Gasteiger partial charge is 0.245 e. The van der Waals surface area contributed by atoms with Gasteiger partial charge in [0.2, 0.25) is 11.8 Å². The molecule has 4 N–H and O–H groups in total. The number of hydrogen-bond acceptors (Lipinski definition) is 9. The normalized spacial score (nSPS) is 14.5. The van der Waals surface area contributed by atoms with Crippen molar-refractivity contribution in [2.45, 2.75) is 37.2 Å². The molecule has 1 unspecified atom stereocenters. The molecule has 13 heteroatoms. The second-order valence-electron chi connectivity index (χ2n) is 8.40. The second kappa shape index (κ2) is 10.9. The third kappa shape index (κ3) is 5.86. The summed E-state index contributed by atoms with van der Waals surface area (Å²) in [5.41, 5.74) is 0.984. The summed E-state index contributed by atoms with van der Waals surface area (Å²) in [6, 6.07) is 6.36. The lowest BCUT2D eigenvalue weighted by Gasteiger charge is -2.15. The molecule has 1 fully saturated rings. The zero-order valence-corrected chi connectivity index (χ0v) is 20.7. The molecule has 0 bridgehead atoms. The zero-order valence-electron chi connectivity index (χ0n) is 19.1. The highest BCUT2D eigenvalue weighted by atomic mass is 32.2. The van der Waals surface area contributed by atoms with E-state index in [2.05, 4.69) is 20.6 Å². The van der Waals surface area contributed by atoms with Crippen molar-refractivity contribution in [3.8, 4) is 11.1 Å². The zero-order chi connectivity index (χ0) is 25.9. The molecule has 0 radical (unpaired) electrons. The Kier molecular flexibility index (Phi) is 7.93. The fraction of sp³-hybridized carbons (Fsp3) is 0.391. The van der Waals surface area contributed by atoms with Crippen LogP contribution in [0.15, 0.2) is 30.5 Å². The first kappa shape index (κ1) is 26.1. The average molecular weight is 537 g/mol. The summed E-state index contributed by atoms with van der Waals surface area (Å²) in [4.78, 5) is 33.1. The lowest BCUT2D eigenvalue weighted by molar-refractivity contribution is -0.126. The van der Waals surface area contributed by atoms with Gasteiger partial charge in [-0.15, -0.1) is 11.3 Å². The maximum absolute atomic E-state index is 14.7. The number of thiazole rings is 1. The number of halogens is 1. The predicted octanol–water partition coefficient (Wildman–Crippen LogP) is 1.22. The fourth-order valence-electron chi connectivity index (χ4n) is 3.62. The first-order valence-corrected chi connectivity index (χ1v) is 13.8. The van der Waals surface area contributed by atoms with Crippen LogP contribution in [0.2, 0.25) is 0 Å². The molecule has 10 nitrogen and oxygen atoms in total. The van der Waals surface area contributed by atoms with Crippen molar-refractivity contribution in [1.29, 1.82) is 0 Å². The van der Waals surface area contributed by atoms with Gasteiger partial charge in [-0.05, 0) is 43.0 Å². The minimum Gasteiger partial charge on any atom is -0.396 e. The van der Waals surface area contributed by atoms with Crippen molar-refractivity contribution in [3.05, 3.63) is 47.0 Å². The molecule has 2 amide bonds. The number of sulfone groups is 1. The quantitative estimate of drug-likeness (QED) is 0.285. The van der Waals surface area contributed by atoms with Crippen molar-refractivity contribution in [2.24, 2.45) is 0 Å². The Balaban J connectivity index is 1.65. The molecule has 4 rings (SSSR count). The Labute approximate surface area is 210 Å². The van der Waals surface area contributed by atoms with Gasteiger partial charge < -0.3 is 20.8 Å². The van der Waals surface area contributed by atoms with Crippen molar-refractivity contribution in [1.82, 2.24) is 20.6 Å². The molecule has 1 saturated carbocycles. The third-order valence-electron chi connectivity index (χ3n) is 5.60. The van der Waals surface area contributed by atoms with Crippen LogP contribution in [-0.4, -0.2) is 65.4 Å². The number of carbonyl (C=O) groups is 2. The molecule has 1 aromatic carbocycles. The minimum atomic E-state index is -4.07. The van der Waals surface area contributed by atoms with Crippen molar-refractivity contribution in [2.75, 3.05) is 18.9 Å². The standard InChI is InChI=1S/C23H25FN4O6S2/c24-20-15(6-7-25-17(20)12-30)13-2-5-16-18(10-13)35-23(28-16)21(36(33,34)9-1-8-29)22(32)26-11-19(31)27-14-3-4-14/h2,5-7,10,14,21,29-30H,1,3-4,8-9,11-12H2,(H,26,32)(H,27,31). The van der Waals surface area contributed by atoms with E-state index in [-0.39, 0.29) is 41.9 Å².